The number of carbonyl (C=O) groups is 1. The van der Waals surface area contributed by atoms with Gasteiger partial charge in [-0.2, -0.15) is 5.10 Å². The van der Waals surface area contributed by atoms with E-state index in [0.717, 1.165) is 6.07 Å². The zero-order valence-electron chi connectivity index (χ0n) is 12.6. The van der Waals surface area contributed by atoms with E-state index in [1.54, 1.807) is 25.3 Å². The molecule has 120 valence electrons. The summed E-state index contributed by atoms with van der Waals surface area (Å²) in [6.45, 7) is 0. The molecular weight excluding hydrogens is 300 g/mol. The van der Waals surface area contributed by atoms with Crippen molar-refractivity contribution >= 4 is 12.1 Å². The number of nitrogens with one attached hydrogen (secondary N) is 1. The molecule has 7 nitrogen and oxygen atoms in total. The highest BCUT2D eigenvalue weighted by Crippen LogP contribution is 2.23. The van der Waals surface area contributed by atoms with E-state index < -0.39 is 5.91 Å². The lowest BCUT2D eigenvalue weighted by Crippen LogP contribution is -2.17. The molecule has 0 unspecified atom stereocenters. The van der Waals surface area contributed by atoms with E-state index in [0.29, 0.717) is 17.1 Å². The fraction of sp³-hybridized carbons (Fsp3) is 0.125. The highest BCUT2D eigenvalue weighted by Gasteiger charge is 2.08. The second kappa shape index (κ2) is 7.17. The van der Waals surface area contributed by atoms with Crippen LogP contribution in [0, 0.1) is 0 Å². The lowest BCUT2D eigenvalue weighted by Gasteiger charge is -2.07. The number of amides is 1. The molecule has 23 heavy (non-hydrogen) atoms. The number of rotatable bonds is 5. The number of carbonyl (C=O) groups excluding carboxylic acids is 1. The van der Waals surface area contributed by atoms with E-state index in [1.165, 1.54) is 25.5 Å². The second-order valence-corrected chi connectivity index (χ2v) is 4.55. The normalized spacial score (nSPS) is 10.5. The van der Waals surface area contributed by atoms with Gasteiger partial charge in [-0.15, -0.1) is 0 Å². The summed E-state index contributed by atoms with van der Waals surface area (Å²) in [6, 6.07) is 8.72. The maximum Gasteiger partial charge on any atom is 0.271 e. The summed E-state index contributed by atoms with van der Waals surface area (Å²) in [5.41, 5.74) is 3.03. The Kier molecular flexibility index (Phi) is 5.03. The first-order valence-electron chi connectivity index (χ1n) is 6.62. The summed E-state index contributed by atoms with van der Waals surface area (Å²) in [7, 11) is 3.06. The SMILES string of the molecule is COc1ccc(/C=N\NC(=O)c2cc(O)cc(O)c2)c(OC)c1. The lowest BCUT2D eigenvalue weighted by molar-refractivity contribution is 0.0954. The molecule has 0 spiro atoms. The number of hydrogen-bond acceptors (Lipinski definition) is 6. The predicted molar refractivity (Wildman–Crippen MR) is 84.4 cm³/mol. The Morgan fingerprint density at radius 3 is 2.39 bits per heavy atom. The Bertz CT molecular complexity index is 723. The summed E-state index contributed by atoms with van der Waals surface area (Å²) >= 11 is 0. The molecule has 0 aliphatic carbocycles. The van der Waals surface area contributed by atoms with Gasteiger partial charge < -0.3 is 19.7 Å². The molecule has 0 bridgehead atoms. The molecule has 0 aliphatic heterocycles. The summed E-state index contributed by atoms with van der Waals surface area (Å²) < 4.78 is 10.3. The van der Waals surface area contributed by atoms with Crippen LogP contribution in [0.5, 0.6) is 23.0 Å². The number of phenols is 2. The fourth-order valence-corrected chi connectivity index (χ4v) is 1.88. The van der Waals surface area contributed by atoms with Crippen LogP contribution in [0.1, 0.15) is 15.9 Å². The van der Waals surface area contributed by atoms with Gasteiger partial charge in [0, 0.05) is 23.3 Å². The van der Waals surface area contributed by atoms with Gasteiger partial charge in [0.05, 0.1) is 20.4 Å². The third kappa shape index (κ3) is 4.13. The van der Waals surface area contributed by atoms with E-state index in [1.807, 2.05) is 0 Å². The molecule has 0 fully saturated rings. The van der Waals surface area contributed by atoms with Crippen molar-refractivity contribution in [2.75, 3.05) is 14.2 Å². The molecule has 0 saturated heterocycles. The molecule has 2 aromatic rings. The van der Waals surface area contributed by atoms with E-state index >= 15 is 0 Å². The van der Waals surface area contributed by atoms with Crippen LogP contribution in [0.15, 0.2) is 41.5 Å². The first kappa shape index (κ1) is 16.2. The molecule has 0 atom stereocenters. The molecule has 0 heterocycles. The fourth-order valence-electron chi connectivity index (χ4n) is 1.88. The van der Waals surface area contributed by atoms with Crippen LogP contribution in [0.4, 0.5) is 0 Å². The number of methoxy groups -OCH3 is 2. The highest BCUT2D eigenvalue weighted by atomic mass is 16.5. The van der Waals surface area contributed by atoms with Crippen LogP contribution in [0.2, 0.25) is 0 Å². The van der Waals surface area contributed by atoms with E-state index in [-0.39, 0.29) is 17.1 Å². The van der Waals surface area contributed by atoms with Gasteiger partial charge in [0.25, 0.3) is 5.91 Å². The van der Waals surface area contributed by atoms with Crippen molar-refractivity contribution in [1.82, 2.24) is 5.43 Å². The zero-order valence-corrected chi connectivity index (χ0v) is 12.6. The molecule has 0 aliphatic rings. The lowest BCUT2D eigenvalue weighted by atomic mass is 10.2. The molecule has 3 N–H and O–H groups in total. The Labute approximate surface area is 132 Å². The number of hydrazone groups is 1. The molecule has 2 aromatic carbocycles. The first-order chi connectivity index (χ1) is 11.0. The topological polar surface area (TPSA) is 100 Å². The Hall–Kier alpha value is -3.22. The molecule has 1 amide bonds. The minimum atomic E-state index is -0.570. The number of hydrogen-bond donors (Lipinski definition) is 3. The van der Waals surface area contributed by atoms with Crippen LogP contribution in [0.25, 0.3) is 0 Å². The minimum Gasteiger partial charge on any atom is -0.508 e. The van der Waals surface area contributed by atoms with Crippen molar-refractivity contribution < 1.29 is 24.5 Å². The summed E-state index contributed by atoms with van der Waals surface area (Å²) in [6.07, 6.45) is 1.42. The van der Waals surface area contributed by atoms with Gasteiger partial charge >= 0.3 is 0 Å². The maximum absolute atomic E-state index is 11.9. The quantitative estimate of drug-likeness (QED) is 0.577. The Morgan fingerprint density at radius 2 is 1.78 bits per heavy atom. The van der Waals surface area contributed by atoms with Gasteiger partial charge in [-0.05, 0) is 24.3 Å². The zero-order chi connectivity index (χ0) is 16.8. The third-order valence-corrected chi connectivity index (χ3v) is 2.98. The van der Waals surface area contributed by atoms with Crippen molar-refractivity contribution in [2.24, 2.45) is 5.10 Å². The number of nitrogens with zero attached hydrogens (tertiary/aromatic N) is 1. The number of benzene rings is 2. The maximum atomic E-state index is 11.9. The van der Waals surface area contributed by atoms with Crippen LogP contribution in [-0.4, -0.2) is 36.6 Å². The van der Waals surface area contributed by atoms with Crippen LogP contribution in [0.3, 0.4) is 0 Å². The molecule has 0 radical (unpaired) electrons. The van der Waals surface area contributed by atoms with Crippen LogP contribution >= 0.6 is 0 Å². The number of aromatic hydroxyl groups is 2. The summed E-state index contributed by atoms with van der Waals surface area (Å²) in [4.78, 5) is 11.9. The minimum absolute atomic E-state index is 0.0846. The van der Waals surface area contributed by atoms with Crippen molar-refractivity contribution in [1.29, 1.82) is 0 Å². The van der Waals surface area contributed by atoms with Crippen LogP contribution < -0.4 is 14.9 Å². The summed E-state index contributed by atoms with van der Waals surface area (Å²) in [5.74, 6) is 0.183. The highest BCUT2D eigenvalue weighted by molar-refractivity contribution is 5.95. The monoisotopic (exact) mass is 316 g/mol. The Balaban J connectivity index is 2.10. The molecule has 7 heteroatoms. The molecular formula is C16H16N2O5. The van der Waals surface area contributed by atoms with Crippen LogP contribution in [-0.2, 0) is 0 Å². The van der Waals surface area contributed by atoms with Gasteiger partial charge in [0.2, 0.25) is 0 Å². The number of phenolic OH excluding ortho intramolecular Hbond substituents is 2. The third-order valence-electron chi connectivity index (χ3n) is 2.98. The second-order valence-electron chi connectivity index (χ2n) is 4.55. The van der Waals surface area contributed by atoms with Crippen molar-refractivity contribution in [2.45, 2.75) is 0 Å². The van der Waals surface area contributed by atoms with Crippen molar-refractivity contribution in [3.8, 4) is 23.0 Å². The molecule has 0 aromatic heterocycles. The standard InChI is InChI=1S/C16H16N2O5/c1-22-14-4-3-10(15(8-14)23-2)9-17-18-16(21)11-5-12(19)7-13(20)6-11/h3-9,19-20H,1-2H3,(H,18,21)/b17-9-. The van der Waals surface area contributed by atoms with Gasteiger partial charge in [0.15, 0.2) is 0 Å². The predicted octanol–water partition coefficient (Wildman–Crippen LogP) is 1.88. The van der Waals surface area contributed by atoms with E-state index in [4.69, 9.17) is 9.47 Å². The van der Waals surface area contributed by atoms with Crippen molar-refractivity contribution in [3.05, 3.63) is 47.5 Å². The Morgan fingerprint density at radius 1 is 1.09 bits per heavy atom. The average Bonchev–Trinajstić information content (AvgIpc) is 2.54. The van der Waals surface area contributed by atoms with Crippen molar-refractivity contribution in [3.63, 3.8) is 0 Å². The largest absolute Gasteiger partial charge is 0.508 e. The van der Waals surface area contributed by atoms with Gasteiger partial charge in [-0.3, -0.25) is 4.79 Å². The average molecular weight is 316 g/mol. The van der Waals surface area contributed by atoms with Gasteiger partial charge in [-0.1, -0.05) is 0 Å². The smallest absolute Gasteiger partial charge is 0.271 e. The van der Waals surface area contributed by atoms with E-state index in [2.05, 4.69) is 10.5 Å². The van der Waals surface area contributed by atoms with E-state index in [9.17, 15) is 15.0 Å². The summed E-state index contributed by atoms with van der Waals surface area (Å²) in [5, 5.41) is 22.5. The molecule has 2 rings (SSSR count). The molecule has 0 saturated carbocycles. The van der Waals surface area contributed by atoms with Gasteiger partial charge in [0.1, 0.15) is 23.0 Å². The first-order valence-corrected chi connectivity index (χ1v) is 6.62. The van der Waals surface area contributed by atoms with Gasteiger partial charge in [-0.25, -0.2) is 5.43 Å². The number of ether oxygens (including phenoxy) is 2.